The predicted octanol–water partition coefficient (Wildman–Crippen LogP) is 3.12. The number of carbonyl (C=O) groups excluding carboxylic acids is 1. The summed E-state index contributed by atoms with van der Waals surface area (Å²) in [4.78, 5) is 20.4. The van der Waals surface area contributed by atoms with Crippen LogP contribution in [0.4, 0.5) is 24.5 Å². The molecule has 11 heteroatoms. The molecule has 0 spiro atoms. The lowest BCUT2D eigenvalue weighted by Gasteiger charge is -2.17. The summed E-state index contributed by atoms with van der Waals surface area (Å²) in [6.07, 6.45) is -2.03. The van der Waals surface area contributed by atoms with Crippen LogP contribution < -0.4 is 22.5 Å². The van der Waals surface area contributed by atoms with Crippen LogP contribution in [0.2, 0.25) is 0 Å². The second-order valence-electron chi connectivity index (χ2n) is 7.08. The third-order valence-electron chi connectivity index (χ3n) is 4.66. The van der Waals surface area contributed by atoms with Crippen molar-refractivity contribution in [3.05, 3.63) is 70.7 Å². The Morgan fingerprint density at radius 1 is 1.30 bits per heavy atom. The molecule has 0 atom stereocenters. The molecule has 0 unspecified atom stereocenters. The Morgan fingerprint density at radius 2 is 1.97 bits per heavy atom. The van der Waals surface area contributed by atoms with Crippen molar-refractivity contribution in [2.75, 3.05) is 17.6 Å². The highest BCUT2D eigenvalue weighted by molar-refractivity contribution is 6.07. The first-order chi connectivity index (χ1) is 15.4. The lowest BCUT2D eigenvalue weighted by molar-refractivity contribution is -0.115. The van der Waals surface area contributed by atoms with E-state index in [0.29, 0.717) is 16.7 Å². The molecule has 174 valence electrons. The molecule has 1 amide bonds. The Hall–Kier alpha value is -4.15. The van der Waals surface area contributed by atoms with E-state index in [0.717, 1.165) is 6.21 Å². The molecule has 0 bridgehead atoms. The molecule has 8 nitrogen and oxygen atoms in total. The number of aromatic nitrogens is 1. The highest BCUT2D eigenvalue weighted by Gasteiger charge is 2.27. The Balaban J connectivity index is 2.77. The van der Waals surface area contributed by atoms with Crippen LogP contribution in [0.25, 0.3) is 5.70 Å². The van der Waals surface area contributed by atoms with Gasteiger partial charge in [0.2, 0.25) is 5.91 Å². The van der Waals surface area contributed by atoms with E-state index in [4.69, 9.17) is 22.6 Å². The van der Waals surface area contributed by atoms with Crippen LogP contribution in [-0.4, -0.2) is 35.5 Å². The van der Waals surface area contributed by atoms with Gasteiger partial charge in [-0.3, -0.25) is 9.78 Å². The Labute approximate surface area is 188 Å². The zero-order valence-electron chi connectivity index (χ0n) is 18.0. The molecule has 0 saturated carbocycles. The smallest absolute Gasteiger partial charge is 0.398 e. The fraction of sp³-hybridized carbons (Fsp3) is 0.182. The van der Waals surface area contributed by atoms with E-state index in [-0.39, 0.29) is 39.7 Å². The number of primary amides is 1. The standard InChI is InChI=1S/C22H24F3N7O/c1-11-6-7-15(27)14(9-26)17(11)20(18(28)12(2)21(29)33)32-13(3)19-16(5-4-8-30-19)31-10-22(23,24)25/h4-9,26,31H,2,10,27-28H2,1,3H3,(H2,29,33)/b20-18+,26-9?,32-13?. The third kappa shape index (κ3) is 5.97. The van der Waals surface area contributed by atoms with Crippen molar-refractivity contribution in [3.8, 4) is 0 Å². The Morgan fingerprint density at radius 3 is 2.55 bits per heavy atom. The van der Waals surface area contributed by atoms with Crippen molar-refractivity contribution in [2.45, 2.75) is 20.0 Å². The highest BCUT2D eigenvalue weighted by Crippen LogP contribution is 2.31. The number of benzene rings is 1. The van der Waals surface area contributed by atoms with Crippen LogP contribution in [-0.2, 0) is 4.79 Å². The Kier molecular flexibility index (Phi) is 7.60. The quantitative estimate of drug-likeness (QED) is 0.177. The highest BCUT2D eigenvalue weighted by atomic mass is 19.4. The number of carbonyl (C=O) groups is 1. The first kappa shape index (κ1) is 25.1. The van der Waals surface area contributed by atoms with E-state index in [1.165, 1.54) is 25.3 Å². The number of aliphatic imine (C=N–C) groups is 1. The number of hydrogen-bond donors (Lipinski definition) is 5. The van der Waals surface area contributed by atoms with Crippen molar-refractivity contribution < 1.29 is 18.0 Å². The molecule has 0 fully saturated rings. The number of pyridine rings is 1. The molecule has 0 radical (unpaired) electrons. The monoisotopic (exact) mass is 459 g/mol. The molecular formula is C22H24F3N7O. The van der Waals surface area contributed by atoms with Gasteiger partial charge in [0.05, 0.1) is 28.4 Å². The van der Waals surface area contributed by atoms with Crippen molar-refractivity contribution >= 4 is 34.9 Å². The lowest BCUT2D eigenvalue weighted by atomic mass is 9.95. The van der Waals surface area contributed by atoms with Gasteiger partial charge in [0.25, 0.3) is 0 Å². The van der Waals surface area contributed by atoms with Gasteiger partial charge in [0, 0.05) is 29.2 Å². The maximum Gasteiger partial charge on any atom is 0.405 e. The number of nitrogens with zero attached hydrogens (tertiary/aromatic N) is 2. The first-order valence-electron chi connectivity index (χ1n) is 9.57. The first-order valence-corrected chi connectivity index (χ1v) is 9.57. The number of aryl methyl sites for hydroxylation is 1. The third-order valence-corrected chi connectivity index (χ3v) is 4.66. The zero-order chi connectivity index (χ0) is 24.9. The van der Waals surface area contributed by atoms with Gasteiger partial charge < -0.3 is 27.9 Å². The van der Waals surface area contributed by atoms with Crippen LogP contribution in [0.3, 0.4) is 0 Å². The number of halogens is 3. The SMILES string of the molecule is C=C(C(N)=O)/C(N)=C(\N=C(C)c1ncccc1NCC(F)(F)F)c1c(C)ccc(N)c1C=N. The molecule has 0 aliphatic rings. The average molecular weight is 459 g/mol. The normalized spacial score (nSPS) is 12.7. The van der Waals surface area contributed by atoms with Gasteiger partial charge in [0.1, 0.15) is 12.2 Å². The van der Waals surface area contributed by atoms with Gasteiger partial charge in [-0.2, -0.15) is 13.2 Å². The molecule has 33 heavy (non-hydrogen) atoms. The number of anilines is 2. The molecular weight excluding hydrogens is 435 g/mol. The summed E-state index contributed by atoms with van der Waals surface area (Å²) >= 11 is 0. The predicted molar refractivity (Wildman–Crippen MR) is 124 cm³/mol. The molecule has 0 aliphatic heterocycles. The molecule has 1 heterocycles. The summed E-state index contributed by atoms with van der Waals surface area (Å²) < 4.78 is 38.2. The van der Waals surface area contributed by atoms with Crippen molar-refractivity contribution in [3.63, 3.8) is 0 Å². The van der Waals surface area contributed by atoms with E-state index in [1.54, 1.807) is 19.1 Å². The van der Waals surface area contributed by atoms with Crippen LogP contribution in [0.15, 0.2) is 53.3 Å². The van der Waals surface area contributed by atoms with Gasteiger partial charge >= 0.3 is 6.18 Å². The number of nitrogens with two attached hydrogens (primary N) is 3. The summed E-state index contributed by atoms with van der Waals surface area (Å²) in [5.41, 5.74) is 19.1. The van der Waals surface area contributed by atoms with Gasteiger partial charge in [0.15, 0.2) is 0 Å². The van der Waals surface area contributed by atoms with Crippen LogP contribution in [0.5, 0.6) is 0 Å². The summed E-state index contributed by atoms with van der Waals surface area (Å²) in [7, 11) is 0. The largest absolute Gasteiger partial charge is 0.405 e. The minimum Gasteiger partial charge on any atom is -0.398 e. The minimum absolute atomic E-state index is 0.0343. The van der Waals surface area contributed by atoms with Gasteiger partial charge in [-0.25, -0.2) is 4.99 Å². The molecule has 8 N–H and O–H groups in total. The number of amides is 1. The lowest BCUT2D eigenvalue weighted by Crippen LogP contribution is -2.22. The van der Waals surface area contributed by atoms with E-state index < -0.39 is 18.6 Å². The topological polar surface area (TPSA) is 156 Å². The average Bonchev–Trinajstić information content (AvgIpc) is 2.76. The second-order valence-corrected chi connectivity index (χ2v) is 7.08. The number of nitrogens with one attached hydrogen (secondary N) is 2. The van der Waals surface area contributed by atoms with Gasteiger partial charge in [-0.1, -0.05) is 12.6 Å². The number of rotatable bonds is 8. The Bertz CT molecular complexity index is 1170. The molecule has 1 aromatic carbocycles. The van der Waals surface area contributed by atoms with E-state index >= 15 is 0 Å². The number of alkyl halides is 3. The second kappa shape index (κ2) is 9.98. The molecule has 0 aliphatic carbocycles. The summed E-state index contributed by atoms with van der Waals surface area (Å²) in [5.74, 6) is -0.888. The van der Waals surface area contributed by atoms with Crippen LogP contribution in [0.1, 0.15) is 29.3 Å². The van der Waals surface area contributed by atoms with E-state index in [9.17, 15) is 18.0 Å². The van der Waals surface area contributed by atoms with Crippen molar-refractivity contribution in [1.82, 2.24) is 4.98 Å². The van der Waals surface area contributed by atoms with E-state index in [2.05, 4.69) is 21.9 Å². The summed E-state index contributed by atoms with van der Waals surface area (Å²) in [6.45, 7) is 5.57. The minimum atomic E-state index is -4.44. The summed E-state index contributed by atoms with van der Waals surface area (Å²) in [5, 5.41) is 10.1. The van der Waals surface area contributed by atoms with Crippen LogP contribution >= 0.6 is 0 Å². The van der Waals surface area contributed by atoms with Crippen molar-refractivity contribution in [1.29, 1.82) is 5.41 Å². The van der Waals surface area contributed by atoms with Gasteiger partial charge in [-0.15, -0.1) is 0 Å². The molecule has 2 rings (SSSR count). The fourth-order valence-corrected chi connectivity index (χ4v) is 2.99. The van der Waals surface area contributed by atoms with Crippen molar-refractivity contribution in [2.24, 2.45) is 16.5 Å². The van der Waals surface area contributed by atoms with Crippen LogP contribution in [0, 0.1) is 12.3 Å². The molecule has 2 aromatic rings. The van der Waals surface area contributed by atoms with Gasteiger partial charge in [-0.05, 0) is 37.6 Å². The molecule has 0 saturated heterocycles. The maximum atomic E-state index is 12.7. The molecule has 1 aromatic heterocycles. The number of nitrogen functional groups attached to an aromatic ring is 1. The summed E-state index contributed by atoms with van der Waals surface area (Å²) in [6, 6.07) is 6.19. The maximum absolute atomic E-state index is 12.7. The zero-order valence-corrected chi connectivity index (χ0v) is 18.0. The fourth-order valence-electron chi connectivity index (χ4n) is 2.99. The van der Waals surface area contributed by atoms with E-state index in [1.807, 2.05) is 0 Å². The number of hydrogen-bond acceptors (Lipinski definition) is 7.